The molecule has 2 aromatic rings. The highest BCUT2D eigenvalue weighted by atomic mass is 19.1. The van der Waals surface area contributed by atoms with E-state index >= 15 is 0 Å². The molecule has 0 bridgehead atoms. The summed E-state index contributed by atoms with van der Waals surface area (Å²) in [5.74, 6) is -1.09. The van der Waals surface area contributed by atoms with Crippen LogP contribution in [0.5, 0.6) is 0 Å². The number of amides is 1. The smallest absolute Gasteiger partial charge is 0.408 e. The Kier molecular flexibility index (Phi) is 7.23. The Morgan fingerprint density at radius 3 is 2.88 bits per heavy atom. The van der Waals surface area contributed by atoms with Crippen LogP contribution in [0.1, 0.15) is 44.9 Å². The average Bonchev–Trinajstić information content (AvgIpc) is 2.79. The summed E-state index contributed by atoms with van der Waals surface area (Å²) in [6.07, 6.45) is 6.77. The Bertz CT molecular complexity index is 1090. The molecular weight excluding hydrogens is 425 g/mol. The van der Waals surface area contributed by atoms with Crippen LogP contribution in [-0.4, -0.2) is 48.0 Å². The molecule has 3 atom stereocenters. The molecule has 2 unspecified atom stereocenters. The Morgan fingerprint density at radius 2 is 2.12 bits per heavy atom. The number of carbonyl (C=O) groups is 1. The van der Waals surface area contributed by atoms with Crippen molar-refractivity contribution in [3.05, 3.63) is 34.6 Å². The summed E-state index contributed by atoms with van der Waals surface area (Å²) in [6.45, 7) is 1.36. The fourth-order valence-corrected chi connectivity index (χ4v) is 5.13. The number of aromatic nitrogens is 1. The van der Waals surface area contributed by atoms with E-state index in [1.165, 1.54) is 24.6 Å². The summed E-state index contributed by atoms with van der Waals surface area (Å²) < 4.78 is 19.0. The summed E-state index contributed by atoms with van der Waals surface area (Å²) in [4.78, 5) is 31.4. The van der Waals surface area contributed by atoms with E-state index in [1.54, 1.807) is 0 Å². The second-order valence-corrected chi connectivity index (χ2v) is 9.39. The van der Waals surface area contributed by atoms with Crippen molar-refractivity contribution in [2.45, 2.75) is 57.0 Å². The van der Waals surface area contributed by atoms with Crippen molar-refractivity contribution in [2.24, 2.45) is 11.8 Å². The van der Waals surface area contributed by atoms with Crippen LogP contribution >= 0.6 is 0 Å². The predicted molar refractivity (Wildman–Crippen MR) is 122 cm³/mol. The van der Waals surface area contributed by atoms with Crippen molar-refractivity contribution < 1.29 is 13.6 Å². The number of rotatable bonds is 6. The number of hydrogen-bond donors (Lipinski definition) is 2. The van der Waals surface area contributed by atoms with Gasteiger partial charge in [0.25, 0.3) is 0 Å². The zero-order valence-electron chi connectivity index (χ0n) is 18.8. The normalized spacial score (nSPS) is 23.1. The molecule has 1 amide bonds. The number of nitrogens with zero attached hydrogens (tertiary/aromatic N) is 3. The van der Waals surface area contributed by atoms with Crippen molar-refractivity contribution in [3.63, 3.8) is 0 Å². The Balaban J connectivity index is 1.58. The lowest BCUT2D eigenvalue weighted by Crippen LogP contribution is -2.53. The van der Waals surface area contributed by atoms with E-state index in [0.29, 0.717) is 37.2 Å². The molecule has 1 saturated carbocycles. The SMILES string of the molecule is CN1CC(C#N)CC(NC(=O)[C@H](CC2CCCCC2)Nc2nc(=O)oc3ccc(F)cc23)C1. The number of carbonyl (C=O) groups excluding carboxylic acids is 1. The third-order valence-electron chi connectivity index (χ3n) is 6.68. The fourth-order valence-electron chi connectivity index (χ4n) is 5.13. The maximum Gasteiger partial charge on any atom is 0.441 e. The minimum absolute atomic E-state index is 0.133. The molecular formula is C24H30FN5O3. The summed E-state index contributed by atoms with van der Waals surface area (Å²) in [7, 11) is 1.94. The number of likely N-dealkylation sites (N-methyl/N-ethyl adjacent to an activating group) is 1. The summed E-state index contributed by atoms with van der Waals surface area (Å²) in [5.41, 5.74) is 0.210. The molecule has 1 saturated heterocycles. The van der Waals surface area contributed by atoms with Gasteiger partial charge in [0.1, 0.15) is 23.3 Å². The molecule has 33 heavy (non-hydrogen) atoms. The van der Waals surface area contributed by atoms with E-state index in [1.807, 2.05) is 11.9 Å². The standard InChI is InChI=1S/C24H30FN5O3/c1-30-13-16(12-26)9-18(14-30)27-23(31)20(10-15-5-3-2-4-6-15)28-22-19-11-17(25)7-8-21(19)33-24(32)29-22/h7-8,11,15-16,18,20H,2-6,9-10,13-14H2,1H3,(H,27,31)(H,28,29,32)/t16?,18?,20-/m0/s1. The summed E-state index contributed by atoms with van der Waals surface area (Å²) in [6, 6.07) is 5.37. The van der Waals surface area contributed by atoms with Gasteiger partial charge in [0.2, 0.25) is 5.91 Å². The maximum atomic E-state index is 13.9. The maximum absolute atomic E-state index is 13.9. The van der Waals surface area contributed by atoms with Crippen LogP contribution in [0.2, 0.25) is 0 Å². The molecule has 0 radical (unpaired) electrons. The van der Waals surface area contributed by atoms with E-state index in [2.05, 4.69) is 21.7 Å². The molecule has 4 rings (SSSR count). The molecule has 9 heteroatoms. The lowest BCUT2D eigenvalue weighted by atomic mass is 9.84. The van der Waals surface area contributed by atoms with Gasteiger partial charge in [-0.2, -0.15) is 10.2 Å². The van der Waals surface area contributed by atoms with Crippen molar-refractivity contribution in [2.75, 3.05) is 25.5 Å². The van der Waals surface area contributed by atoms with Gasteiger partial charge in [-0.05, 0) is 44.0 Å². The van der Waals surface area contributed by atoms with Crippen LogP contribution in [0.4, 0.5) is 10.2 Å². The van der Waals surface area contributed by atoms with Crippen molar-refractivity contribution >= 4 is 22.7 Å². The molecule has 1 aromatic heterocycles. The van der Waals surface area contributed by atoms with E-state index in [9.17, 15) is 19.2 Å². The number of nitriles is 1. The molecule has 0 spiro atoms. The van der Waals surface area contributed by atoms with Gasteiger partial charge in [-0.3, -0.25) is 4.79 Å². The number of anilines is 1. The number of hydrogen-bond acceptors (Lipinski definition) is 7. The zero-order chi connectivity index (χ0) is 23.4. The molecule has 1 aliphatic heterocycles. The molecule has 176 valence electrons. The Hall–Kier alpha value is -2.99. The quantitative estimate of drug-likeness (QED) is 0.689. The van der Waals surface area contributed by atoms with Crippen LogP contribution in [-0.2, 0) is 4.79 Å². The highest BCUT2D eigenvalue weighted by Crippen LogP contribution is 2.29. The largest absolute Gasteiger partial charge is 0.441 e. The Labute approximate surface area is 192 Å². The number of likely N-dealkylation sites (tertiary alicyclic amines) is 1. The molecule has 1 aliphatic carbocycles. The van der Waals surface area contributed by atoms with Gasteiger partial charge in [0.05, 0.1) is 17.4 Å². The number of piperidine rings is 1. The van der Waals surface area contributed by atoms with Crippen LogP contribution in [0, 0.1) is 29.0 Å². The van der Waals surface area contributed by atoms with Gasteiger partial charge in [-0.15, -0.1) is 0 Å². The van der Waals surface area contributed by atoms with Crippen LogP contribution < -0.4 is 16.4 Å². The lowest BCUT2D eigenvalue weighted by Gasteiger charge is -2.34. The van der Waals surface area contributed by atoms with Crippen LogP contribution in [0.15, 0.2) is 27.4 Å². The van der Waals surface area contributed by atoms with Gasteiger partial charge in [0.15, 0.2) is 0 Å². The second-order valence-electron chi connectivity index (χ2n) is 9.39. The highest BCUT2D eigenvalue weighted by molar-refractivity contribution is 5.91. The van der Waals surface area contributed by atoms with Gasteiger partial charge in [-0.25, -0.2) is 9.18 Å². The van der Waals surface area contributed by atoms with Crippen LogP contribution in [0.3, 0.4) is 0 Å². The summed E-state index contributed by atoms with van der Waals surface area (Å²) in [5, 5.41) is 15.9. The van der Waals surface area contributed by atoms with E-state index < -0.39 is 17.6 Å². The van der Waals surface area contributed by atoms with Crippen LogP contribution in [0.25, 0.3) is 11.0 Å². The number of fused-ring (bicyclic) bond motifs is 1. The van der Waals surface area contributed by atoms with Gasteiger partial charge >= 0.3 is 5.76 Å². The fraction of sp³-hybridized carbons (Fsp3) is 0.583. The lowest BCUT2D eigenvalue weighted by molar-refractivity contribution is -0.123. The monoisotopic (exact) mass is 455 g/mol. The zero-order valence-corrected chi connectivity index (χ0v) is 18.8. The molecule has 2 heterocycles. The Morgan fingerprint density at radius 1 is 1.33 bits per heavy atom. The molecule has 1 aromatic carbocycles. The van der Waals surface area contributed by atoms with Gasteiger partial charge in [-0.1, -0.05) is 32.1 Å². The predicted octanol–water partition coefficient (Wildman–Crippen LogP) is 3.04. The first kappa shape index (κ1) is 23.2. The first-order chi connectivity index (χ1) is 15.9. The average molecular weight is 456 g/mol. The van der Waals surface area contributed by atoms with Crippen molar-refractivity contribution in [1.29, 1.82) is 5.26 Å². The van der Waals surface area contributed by atoms with E-state index in [4.69, 9.17) is 4.42 Å². The minimum atomic E-state index is -0.806. The van der Waals surface area contributed by atoms with Gasteiger partial charge < -0.3 is 20.0 Å². The van der Waals surface area contributed by atoms with E-state index in [-0.39, 0.29) is 29.3 Å². The minimum Gasteiger partial charge on any atom is -0.408 e. The third-order valence-corrected chi connectivity index (χ3v) is 6.68. The first-order valence-electron chi connectivity index (χ1n) is 11.7. The number of benzene rings is 1. The second kappa shape index (κ2) is 10.3. The van der Waals surface area contributed by atoms with Gasteiger partial charge in [0, 0.05) is 19.1 Å². The summed E-state index contributed by atoms with van der Waals surface area (Å²) >= 11 is 0. The van der Waals surface area contributed by atoms with Crippen molar-refractivity contribution in [1.82, 2.24) is 15.2 Å². The third kappa shape index (κ3) is 5.88. The molecule has 2 aliphatic rings. The number of halogens is 1. The molecule has 2 fully saturated rings. The number of nitrogens with one attached hydrogen (secondary N) is 2. The topological polar surface area (TPSA) is 111 Å². The van der Waals surface area contributed by atoms with E-state index in [0.717, 1.165) is 25.7 Å². The first-order valence-corrected chi connectivity index (χ1v) is 11.7. The highest BCUT2D eigenvalue weighted by Gasteiger charge is 2.31. The molecule has 2 N–H and O–H groups in total. The van der Waals surface area contributed by atoms with Crippen molar-refractivity contribution in [3.8, 4) is 6.07 Å². The molecule has 8 nitrogen and oxygen atoms in total.